The molecule has 3 heterocycles. The number of aromatic nitrogens is 2. The van der Waals surface area contributed by atoms with Gasteiger partial charge in [0.2, 0.25) is 5.95 Å². The van der Waals surface area contributed by atoms with Gasteiger partial charge in [0, 0.05) is 56.6 Å². The van der Waals surface area contributed by atoms with Gasteiger partial charge in [-0.2, -0.15) is 4.98 Å². The largest absolute Gasteiger partial charge is 0.505 e. The molecule has 0 bridgehead atoms. The van der Waals surface area contributed by atoms with Crippen molar-refractivity contribution in [2.24, 2.45) is 0 Å². The van der Waals surface area contributed by atoms with Crippen LogP contribution >= 0.6 is 0 Å². The van der Waals surface area contributed by atoms with Crippen LogP contribution in [0.5, 0.6) is 11.5 Å². The number of fused-ring (bicyclic) bond motifs is 1. The summed E-state index contributed by atoms with van der Waals surface area (Å²) in [6.45, 7) is 9.00. The lowest BCUT2D eigenvalue weighted by Crippen LogP contribution is -2.48. The fourth-order valence-electron chi connectivity index (χ4n) is 6.04. The second-order valence-corrected chi connectivity index (χ2v) is 11.2. The van der Waals surface area contributed by atoms with Gasteiger partial charge in [-0.05, 0) is 46.2 Å². The molecule has 11 heteroatoms. The summed E-state index contributed by atoms with van der Waals surface area (Å²) in [4.78, 5) is 18.1. The van der Waals surface area contributed by atoms with Gasteiger partial charge in [-0.3, -0.25) is 0 Å². The van der Waals surface area contributed by atoms with Crippen LogP contribution in [0.25, 0.3) is 0 Å². The Morgan fingerprint density at radius 3 is 2.60 bits per heavy atom. The minimum atomic E-state index is -0.984. The number of hydrogen-bond acceptors (Lipinski definition) is 9. The molecule has 2 N–H and O–H groups in total. The lowest BCUT2D eigenvalue weighted by atomic mass is 10.1. The fraction of sp³-hybridized carbons (Fsp3) is 0.655. The number of unbranched alkanes of at least 4 members (excludes halogenated alkanes) is 2. The molecule has 2 fully saturated rings. The molecule has 1 saturated heterocycles. The normalized spacial score (nSPS) is 18.8. The van der Waals surface area contributed by atoms with Crippen molar-refractivity contribution < 1.29 is 18.6 Å². The monoisotopic (exact) mass is 559 g/mol. The van der Waals surface area contributed by atoms with E-state index in [9.17, 15) is 5.11 Å². The molecule has 220 valence electrons. The van der Waals surface area contributed by atoms with Crippen LogP contribution in [0, 0.1) is 11.6 Å². The first-order chi connectivity index (χ1) is 19.4. The highest BCUT2D eigenvalue weighted by Crippen LogP contribution is 2.41. The molecule has 5 rings (SSSR count). The van der Waals surface area contributed by atoms with Crippen molar-refractivity contribution in [1.29, 1.82) is 0 Å². The summed E-state index contributed by atoms with van der Waals surface area (Å²) in [5.74, 6) is -1.17. The zero-order valence-corrected chi connectivity index (χ0v) is 23.8. The molecule has 9 nitrogen and oxygen atoms in total. The number of phenols is 1. The second-order valence-electron chi connectivity index (χ2n) is 11.2. The minimum absolute atomic E-state index is 0.158. The van der Waals surface area contributed by atoms with Gasteiger partial charge < -0.3 is 34.8 Å². The Balaban J connectivity index is 1.25. The molecule has 40 heavy (non-hydrogen) atoms. The highest BCUT2D eigenvalue weighted by molar-refractivity contribution is 5.63. The third-order valence-corrected chi connectivity index (χ3v) is 8.33. The van der Waals surface area contributed by atoms with Crippen molar-refractivity contribution in [1.82, 2.24) is 19.8 Å². The van der Waals surface area contributed by atoms with Gasteiger partial charge in [-0.1, -0.05) is 19.3 Å². The Labute approximate surface area is 236 Å². The number of aromatic hydroxyl groups is 1. The van der Waals surface area contributed by atoms with E-state index in [1.54, 1.807) is 18.0 Å². The van der Waals surface area contributed by atoms with Gasteiger partial charge in [-0.25, -0.2) is 13.8 Å². The van der Waals surface area contributed by atoms with Crippen LogP contribution in [-0.2, 0) is 6.54 Å². The maximum absolute atomic E-state index is 15.4. The maximum atomic E-state index is 15.4. The molecule has 3 aliphatic rings. The van der Waals surface area contributed by atoms with E-state index in [4.69, 9.17) is 9.72 Å². The first-order valence-corrected chi connectivity index (χ1v) is 14.8. The first-order valence-electron chi connectivity index (χ1n) is 14.8. The van der Waals surface area contributed by atoms with Crippen molar-refractivity contribution in [3.63, 3.8) is 0 Å². The van der Waals surface area contributed by atoms with Crippen LogP contribution in [0.15, 0.2) is 12.3 Å². The smallest absolute Gasteiger partial charge is 0.224 e. The number of hydrogen-bond donors (Lipinski definition) is 2. The van der Waals surface area contributed by atoms with Crippen molar-refractivity contribution in [2.45, 2.75) is 64.5 Å². The molecule has 1 aromatic heterocycles. The summed E-state index contributed by atoms with van der Waals surface area (Å²) in [5.41, 5.74) is 0.520. The summed E-state index contributed by atoms with van der Waals surface area (Å²) < 4.78 is 35.8. The summed E-state index contributed by atoms with van der Waals surface area (Å²) >= 11 is 0. The quantitative estimate of drug-likeness (QED) is 0.389. The van der Waals surface area contributed by atoms with Crippen molar-refractivity contribution in [3.05, 3.63) is 29.5 Å². The highest BCUT2D eigenvalue weighted by Gasteiger charge is 2.35. The third-order valence-electron chi connectivity index (χ3n) is 8.33. The molecular formula is C29H43F2N7O2. The maximum Gasteiger partial charge on any atom is 0.224 e. The fourth-order valence-corrected chi connectivity index (χ4v) is 6.04. The van der Waals surface area contributed by atoms with Crippen molar-refractivity contribution in [2.75, 3.05) is 74.7 Å². The molecule has 1 saturated carbocycles. The van der Waals surface area contributed by atoms with E-state index < -0.39 is 17.4 Å². The number of halogens is 2. The van der Waals surface area contributed by atoms with Crippen LogP contribution in [0.3, 0.4) is 0 Å². The van der Waals surface area contributed by atoms with Crippen LogP contribution in [0.2, 0.25) is 0 Å². The molecule has 2 aromatic rings. The number of likely N-dealkylation sites (N-methyl/N-ethyl adjacent to an activating group) is 1. The Bertz CT molecular complexity index is 1140. The molecule has 0 atom stereocenters. The number of piperazine rings is 1. The first kappa shape index (κ1) is 28.6. The summed E-state index contributed by atoms with van der Waals surface area (Å²) in [5, 5.41) is 13.6. The van der Waals surface area contributed by atoms with E-state index in [0.717, 1.165) is 95.2 Å². The van der Waals surface area contributed by atoms with E-state index in [0.29, 0.717) is 5.95 Å². The highest BCUT2D eigenvalue weighted by atomic mass is 19.1. The van der Waals surface area contributed by atoms with Crippen molar-refractivity contribution >= 4 is 17.5 Å². The lowest BCUT2D eigenvalue weighted by molar-refractivity contribution is 0.152. The van der Waals surface area contributed by atoms with E-state index >= 15 is 8.78 Å². The standard InChI is InChI=1S/C29H43F2N7O2/c1-3-40-24-17-23(39)25(30)27(26(24)31)37-19-21-18-33-29(34-28(21)38(20-37)22-9-5-6-10-22)32-11-7-4-8-12-36-15-13-35(2)14-16-36/h17-18,22,39H,3-16,19-20H2,1-2H3,(H,32,33,34). The van der Waals surface area contributed by atoms with E-state index in [-0.39, 0.29) is 37.3 Å². The molecule has 0 amide bonds. The van der Waals surface area contributed by atoms with E-state index in [2.05, 4.69) is 32.0 Å². The van der Waals surface area contributed by atoms with Gasteiger partial charge in [0.05, 0.1) is 19.8 Å². The topological polar surface area (TPSA) is 80.2 Å². The number of nitrogens with zero attached hydrogens (tertiary/aromatic N) is 6. The van der Waals surface area contributed by atoms with E-state index in [1.807, 2.05) is 0 Å². The van der Waals surface area contributed by atoms with Gasteiger partial charge in [-0.15, -0.1) is 0 Å². The number of rotatable bonds is 11. The SMILES string of the molecule is CCOc1cc(O)c(F)c(N2Cc3cnc(NCCCCCN4CCN(C)CC4)nc3N(C3CCCC3)C2)c1F. The number of benzene rings is 1. The molecule has 0 spiro atoms. The number of ether oxygens (including phenoxy) is 1. The predicted octanol–water partition coefficient (Wildman–Crippen LogP) is 4.42. The summed E-state index contributed by atoms with van der Waals surface area (Å²) in [6, 6.07) is 1.23. The zero-order chi connectivity index (χ0) is 28.1. The average Bonchev–Trinajstić information content (AvgIpc) is 3.49. The Hall–Kier alpha value is -2.92. The Kier molecular flexibility index (Phi) is 9.41. The van der Waals surface area contributed by atoms with Crippen LogP contribution in [-0.4, -0.2) is 90.5 Å². The van der Waals surface area contributed by atoms with Gasteiger partial charge in [0.15, 0.2) is 23.1 Å². The summed E-state index contributed by atoms with van der Waals surface area (Å²) in [7, 11) is 2.18. The molecule has 2 aliphatic heterocycles. The molecule has 0 unspecified atom stereocenters. The Morgan fingerprint density at radius 1 is 1.07 bits per heavy atom. The average molecular weight is 560 g/mol. The number of nitrogens with one attached hydrogen (secondary N) is 1. The molecular weight excluding hydrogens is 516 g/mol. The van der Waals surface area contributed by atoms with Crippen LogP contribution in [0.1, 0.15) is 57.4 Å². The number of phenolic OH excluding ortho intramolecular Hbond substituents is 1. The van der Waals surface area contributed by atoms with Gasteiger partial charge in [0.25, 0.3) is 0 Å². The zero-order valence-electron chi connectivity index (χ0n) is 23.8. The van der Waals surface area contributed by atoms with Crippen LogP contribution < -0.4 is 19.9 Å². The molecule has 1 aromatic carbocycles. The van der Waals surface area contributed by atoms with Gasteiger partial charge >= 0.3 is 0 Å². The van der Waals surface area contributed by atoms with Crippen LogP contribution in [0.4, 0.5) is 26.2 Å². The van der Waals surface area contributed by atoms with E-state index in [1.165, 1.54) is 6.42 Å². The Morgan fingerprint density at radius 2 is 1.85 bits per heavy atom. The van der Waals surface area contributed by atoms with Crippen molar-refractivity contribution in [3.8, 4) is 11.5 Å². The second kappa shape index (κ2) is 13.2. The summed E-state index contributed by atoms with van der Waals surface area (Å²) in [6.07, 6.45) is 9.38. The third kappa shape index (κ3) is 6.52. The van der Waals surface area contributed by atoms with Gasteiger partial charge in [0.1, 0.15) is 11.5 Å². The number of anilines is 3. The minimum Gasteiger partial charge on any atom is -0.505 e. The lowest BCUT2D eigenvalue weighted by Gasteiger charge is -2.42. The molecule has 0 radical (unpaired) electrons. The predicted molar refractivity (Wildman–Crippen MR) is 153 cm³/mol. The molecule has 1 aliphatic carbocycles.